The molecule has 84 valence electrons. The molecule has 1 unspecified atom stereocenters. The van der Waals surface area contributed by atoms with Gasteiger partial charge < -0.3 is 15.8 Å². The minimum absolute atomic E-state index is 0.0994. The van der Waals surface area contributed by atoms with E-state index in [4.69, 9.17) is 10.5 Å². The van der Waals surface area contributed by atoms with Gasteiger partial charge in [0.25, 0.3) is 0 Å². The van der Waals surface area contributed by atoms with E-state index < -0.39 is 0 Å². The molecule has 1 atom stereocenters. The zero-order valence-corrected chi connectivity index (χ0v) is 10.5. The molecule has 0 aliphatic heterocycles. The molecule has 0 aliphatic carbocycles. The summed E-state index contributed by atoms with van der Waals surface area (Å²) in [7, 11) is 1.66. The molecule has 1 aromatic heterocycles. The Labute approximate surface area is 98.3 Å². The lowest BCUT2D eigenvalue weighted by Crippen LogP contribution is -2.33. The number of hydrogen-bond acceptors (Lipinski definition) is 4. The highest BCUT2D eigenvalue weighted by atomic mass is 79.9. The zero-order chi connectivity index (χ0) is 11.3. The maximum atomic E-state index is 5.61. The quantitative estimate of drug-likeness (QED) is 0.855. The number of anilines is 1. The van der Waals surface area contributed by atoms with Crippen molar-refractivity contribution in [3.05, 3.63) is 22.3 Å². The van der Waals surface area contributed by atoms with Gasteiger partial charge in [0.2, 0.25) is 0 Å². The van der Waals surface area contributed by atoms with Crippen LogP contribution >= 0.6 is 15.9 Å². The summed E-state index contributed by atoms with van der Waals surface area (Å²) in [5.41, 5.74) is 6.69. The summed E-state index contributed by atoms with van der Waals surface area (Å²) in [5, 5.41) is 3.24. The van der Waals surface area contributed by atoms with Crippen LogP contribution < -0.4 is 11.1 Å². The van der Waals surface area contributed by atoms with Crippen molar-refractivity contribution in [3.8, 4) is 0 Å². The monoisotopic (exact) mass is 273 g/mol. The summed E-state index contributed by atoms with van der Waals surface area (Å²) in [6.45, 7) is 3.10. The number of nitrogens with zero attached hydrogens (tertiary/aromatic N) is 1. The van der Waals surface area contributed by atoms with Crippen LogP contribution in [0.25, 0.3) is 0 Å². The molecule has 0 saturated carbocycles. The molecule has 0 aromatic carbocycles. The number of ether oxygens (including phenoxy) is 1. The third kappa shape index (κ3) is 3.77. The molecular formula is C10H16BrN3O. The van der Waals surface area contributed by atoms with E-state index in [9.17, 15) is 0 Å². The van der Waals surface area contributed by atoms with Crippen molar-refractivity contribution in [2.75, 3.05) is 25.6 Å². The number of rotatable bonds is 5. The van der Waals surface area contributed by atoms with Crippen molar-refractivity contribution < 1.29 is 4.74 Å². The Hall–Kier alpha value is -0.650. The molecule has 5 heteroatoms. The number of aryl methyl sites for hydroxylation is 1. The van der Waals surface area contributed by atoms with E-state index in [0.717, 1.165) is 15.9 Å². The Morgan fingerprint density at radius 3 is 2.93 bits per heavy atom. The van der Waals surface area contributed by atoms with Crippen LogP contribution in [-0.4, -0.2) is 31.3 Å². The molecule has 1 rings (SSSR count). The Balaban J connectivity index is 2.70. The topological polar surface area (TPSA) is 60.2 Å². The van der Waals surface area contributed by atoms with Gasteiger partial charge in [0, 0.05) is 24.3 Å². The molecule has 1 aromatic rings. The smallest absolute Gasteiger partial charge is 0.129 e. The second-order valence-corrected chi connectivity index (χ2v) is 4.27. The molecule has 3 N–H and O–H groups in total. The Morgan fingerprint density at radius 2 is 2.40 bits per heavy atom. The summed E-state index contributed by atoms with van der Waals surface area (Å²) < 4.78 is 6.02. The fourth-order valence-electron chi connectivity index (χ4n) is 1.25. The summed E-state index contributed by atoms with van der Waals surface area (Å²) in [6.07, 6.45) is 1.76. The van der Waals surface area contributed by atoms with E-state index in [2.05, 4.69) is 26.2 Å². The van der Waals surface area contributed by atoms with E-state index in [1.54, 1.807) is 13.3 Å². The second kappa shape index (κ2) is 6.05. The van der Waals surface area contributed by atoms with Crippen LogP contribution in [0.2, 0.25) is 0 Å². The van der Waals surface area contributed by atoms with Gasteiger partial charge in [-0.3, -0.25) is 0 Å². The van der Waals surface area contributed by atoms with Crippen LogP contribution in [0, 0.1) is 6.92 Å². The van der Waals surface area contributed by atoms with Crippen molar-refractivity contribution in [1.29, 1.82) is 0 Å². The number of halogens is 1. The van der Waals surface area contributed by atoms with Crippen LogP contribution in [0.1, 0.15) is 5.56 Å². The molecule has 0 aliphatic rings. The highest BCUT2D eigenvalue weighted by molar-refractivity contribution is 9.10. The summed E-state index contributed by atoms with van der Waals surface area (Å²) in [6, 6.07) is 2.11. The van der Waals surface area contributed by atoms with Gasteiger partial charge in [-0.25, -0.2) is 4.98 Å². The largest absolute Gasteiger partial charge is 0.383 e. The van der Waals surface area contributed by atoms with Gasteiger partial charge in [-0.15, -0.1) is 0 Å². The first-order chi connectivity index (χ1) is 7.17. The first-order valence-corrected chi connectivity index (χ1v) is 5.54. The molecular weight excluding hydrogens is 258 g/mol. The Kier molecular flexibility index (Phi) is 5.01. The molecule has 0 radical (unpaired) electrons. The zero-order valence-electron chi connectivity index (χ0n) is 8.96. The lowest BCUT2D eigenvalue weighted by Gasteiger charge is -2.17. The lowest BCUT2D eigenvalue weighted by atomic mass is 10.2. The van der Waals surface area contributed by atoms with Crippen molar-refractivity contribution in [2.45, 2.75) is 13.0 Å². The maximum Gasteiger partial charge on any atom is 0.129 e. The highest BCUT2D eigenvalue weighted by Gasteiger charge is 2.08. The van der Waals surface area contributed by atoms with Gasteiger partial charge in [-0.2, -0.15) is 0 Å². The lowest BCUT2D eigenvalue weighted by molar-refractivity contribution is 0.187. The highest BCUT2D eigenvalue weighted by Crippen LogP contribution is 2.17. The molecule has 1 heterocycles. The summed E-state index contributed by atoms with van der Waals surface area (Å²) >= 11 is 3.37. The minimum Gasteiger partial charge on any atom is -0.383 e. The first kappa shape index (κ1) is 12.4. The summed E-state index contributed by atoms with van der Waals surface area (Å²) in [5.74, 6) is 0.853. The van der Waals surface area contributed by atoms with Crippen LogP contribution in [0.3, 0.4) is 0 Å². The van der Waals surface area contributed by atoms with Gasteiger partial charge >= 0.3 is 0 Å². The fraction of sp³-hybridized carbons (Fsp3) is 0.500. The molecule has 15 heavy (non-hydrogen) atoms. The van der Waals surface area contributed by atoms with Crippen LogP contribution in [0.5, 0.6) is 0 Å². The standard InChI is InChI=1S/C10H16BrN3O/c1-7-3-8(11)5-13-10(7)14-9(4-12)6-15-2/h3,5,9H,4,6,12H2,1-2H3,(H,13,14). The molecule has 0 spiro atoms. The molecule has 0 bridgehead atoms. The SMILES string of the molecule is COCC(CN)Nc1ncc(Br)cc1C. The van der Waals surface area contributed by atoms with Crippen LogP contribution in [0.4, 0.5) is 5.82 Å². The van der Waals surface area contributed by atoms with Gasteiger partial charge in [-0.05, 0) is 34.5 Å². The van der Waals surface area contributed by atoms with Gasteiger partial charge in [0.1, 0.15) is 5.82 Å². The number of nitrogens with one attached hydrogen (secondary N) is 1. The van der Waals surface area contributed by atoms with Crippen molar-refractivity contribution in [3.63, 3.8) is 0 Å². The third-order valence-electron chi connectivity index (χ3n) is 2.04. The van der Waals surface area contributed by atoms with E-state index in [-0.39, 0.29) is 6.04 Å². The molecule has 4 nitrogen and oxygen atoms in total. The average molecular weight is 274 g/mol. The van der Waals surface area contributed by atoms with Crippen molar-refractivity contribution in [2.24, 2.45) is 5.73 Å². The molecule has 0 saturated heterocycles. The minimum atomic E-state index is 0.0994. The van der Waals surface area contributed by atoms with E-state index >= 15 is 0 Å². The maximum absolute atomic E-state index is 5.61. The third-order valence-corrected chi connectivity index (χ3v) is 2.47. The van der Waals surface area contributed by atoms with Gasteiger partial charge in [0.15, 0.2) is 0 Å². The van der Waals surface area contributed by atoms with E-state index in [0.29, 0.717) is 13.2 Å². The second-order valence-electron chi connectivity index (χ2n) is 3.35. The Morgan fingerprint density at radius 1 is 1.67 bits per heavy atom. The average Bonchev–Trinajstić information content (AvgIpc) is 2.21. The van der Waals surface area contributed by atoms with Crippen LogP contribution in [-0.2, 0) is 4.74 Å². The molecule has 0 amide bonds. The van der Waals surface area contributed by atoms with Crippen LogP contribution in [0.15, 0.2) is 16.7 Å². The Bertz CT molecular complexity index is 320. The fourth-order valence-corrected chi connectivity index (χ4v) is 1.70. The molecule has 0 fully saturated rings. The number of nitrogens with two attached hydrogens (primary N) is 1. The number of methoxy groups -OCH3 is 1. The number of aromatic nitrogens is 1. The predicted octanol–water partition coefficient (Wildman–Crippen LogP) is 1.54. The normalized spacial score (nSPS) is 12.5. The van der Waals surface area contributed by atoms with Crippen molar-refractivity contribution >= 4 is 21.7 Å². The van der Waals surface area contributed by atoms with Crippen molar-refractivity contribution in [1.82, 2.24) is 4.98 Å². The predicted molar refractivity (Wildman–Crippen MR) is 65.0 cm³/mol. The summed E-state index contributed by atoms with van der Waals surface area (Å²) in [4.78, 5) is 4.28. The van der Waals surface area contributed by atoms with Gasteiger partial charge in [-0.1, -0.05) is 0 Å². The number of hydrogen-bond donors (Lipinski definition) is 2. The number of pyridine rings is 1. The van der Waals surface area contributed by atoms with E-state index in [1.165, 1.54) is 0 Å². The first-order valence-electron chi connectivity index (χ1n) is 4.75. The van der Waals surface area contributed by atoms with E-state index in [1.807, 2.05) is 13.0 Å². The van der Waals surface area contributed by atoms with Gasteiger partial charge in [0.05, 0.1) is 12.6 Å².